The molecule has 0 unspecified atom stereocenters. The summed E-state index contributed by atoms with van der Waals surface area (Å²) in [6, 6.07) is 0. The van der Waals surface area contributed by atoms with E-state index in [4.69, 9.17) is 14.6 Å². The van der Waals surface area contributed by atoms with E-state index in [9.17, 15) is 10.2 Å². The maximum absolute atomic E-state index is 9.89. The molecular formula is C24H46O5. The summed E-state index contributed by atoms with van der Waals surface area (Å²) >= 11 is 0. The van der Waals surface area contributed by atoms with Crippen LogP contribution in [0, 0.1) is 0 Å². The molecule has 0 radical (unpaired) electrons. The van der Waals surface area contributed by atoms with E-state index in [1.165, 1.54) is 77.0 Å². The lowest BCUT2D eigenvalue weighted by atomic mass is 10.1. The highest BCUT2D eigenvalue weighted by Gasteiger charge is 2.40. The molecule has 172 valence electrons. The highest BCUT2D eigenvalue weighted by Crippen LogP contribution is 2.21. The van der Waals surface area contributed by atoms with Crippen molar-refractivity contribution in [1.82, 2.24) is 0 Å². The Balaban J connectivity index is 1.85. The lowest BCUT2D eigenvalue weighted by Crippen LogP contribution is -2.42. The van der Waals surface area contributed by atoms with Gasteiger partial charge in [-0.2, -0.15) is 0 Å². The number of hydrogen-bond donors (Lipinski definition) is 3. The van der Waals surface area contributed by atoms with Gasteiger partial charge in [0.05, 0.1) is 13.2 Å². The van der Waals surface area contributed by atoms with Gasteiger partial charge in [-0.1, -0.05) is 83.3 Å². The second kappa shape index (κ2) is 18.3. The molecule has 5 nitrogen and oxygen atoms in total. The lowest BCUT2D eigenvalue weighted by molar-refractivity contribution is -0.0938. The Kier molecular flexibility index (Phi) is 16.8. The van der Waals surface area contributed by atoms with Crippen LogP contribution in [0.15, 0.2) is 12.2 Å². The average Bonchev–Trinajstić information content (AvgIpc) is 3.10. The summed E-state index contributed by atoms with van der Waals surface area (Å²) in [5.41, 5.74) is 0. The van der Waals surface area contributed by atoms with Gasteiger partial charge in [-0.15, -0.1) is 0 Å². The zero-order valence-corrected chi connectivity index (χ0v) is 18.6. The Hall–Kier alpha value is -0.460. The molecule has 0 saturated carbocycles. The minimum atomic E-state index is -1.00. The van der Waals surface area contributed by atoms with E-state index in [0.717, 1.165) is 12.8 Å². The number of allylic oxidation sites excluding steroid dienone is 2. The SMILES string of the molecule is CCCC/C=C/CCCCCCCCCCCCO[C@H]1[C@@H]([C@@H](O)CO)OC[C@H]1O. The van der Waals surface area contributed by atoms with Crippen LogP contribution in [0.3, 0.4) is 0 Å². The van der Waals surface area contributed by atoms with E-state index in [1.54, 1.807) is 0 Å². The van der Waals surface area contributed by atoms with E-state index >= 15 is 0 Å². The Morgan fingerprint density at radius 1 is 0.897 bits per heavy atom. The standard InChI is InChI=1S/C24H46O5/c1-2-3-4-5-6-7-8-9-10-11-12-13-14-15-16-17-18-28-24-22(27)20-29-23(24)21(26)19-25/h5-6,21-27H,2-4,7-20H2,1H3/b6-5+/t21-,22+,23+,24+/m0/s1. The molecule has 0 amide bonds. The monoisotopic (exact) mass is 414 g/mol. The molecule has 0 aliphatic carbocycles. The van der Waals surface area contributed by atoms with Crippen LogP contribution in [-0.4, -0.2) is 59.6 Å². The first-order chi connectivity index (χ1) is 14.2. The number of ether oxygens (including phenoxy) is 2. The molecule has 0 aromatic carbocycles. The number of unbranched alkanes of at least 4 members (excludes halogenated alkanes) is 12. The van der Waals surface area contributed by atoms with Crippen molar-refractivity contribution in [3.8, 4) is 0 Å². The van der Waals surface area contributed by atoms with E-state index in [2.05, 4.69) is 19.1 Å². The summed E-state index contributed by atoms with van der Waals surface area (Å²) in [5.74, 6) is 0. The fraction of sp³-hybridized carbons (Fsp3) is 0.917. The molecule has 4 atom stereocenters. The van der Waals surface area contributed by atoms with Crippen LogP contribution in [0.1, 0.15) is 96.8 Å². The summed E-state index contributed by atoms with van der Waals surface area (Å²) in [5, 5.41) is 28.7. The van der Waals surface area contributed by atoms with Crippen molar-refractivity contribution >= 4 is 0 Å². The Morgan fingerprint density at radius 2 is 1.45 bits per heavy atom. The van der Waals surface area contributed by atoms with Crippen molar-refractivity contribution in [3.05, 3.63) is 12.2 Å². The summed E-state index contributed by atoms with van der Waals surface area (Å²) in [6.07, 6.45) is 19.6. The maximum atomic E-state index is 9.89. The van der Waals surface area contributed by atoms with E-state index in [-0.39, 0.29) is 13.2 Å². The number of hydrogen-bond acceptors (Lipinski definition) is 5. The van der Waals surface area contributed by atoms with Crippen LogP contribution < -0.4 is 0 Å². The summed E-state index contributed by atoms with van der Waals surface area (Å²) in [7, 11) is 0. The molecule has 3 N–H and O–H groups in total. The third kappa shape index (κ3) is 12.7. The number of aliphatic hydroxyl groups excluding tert-OH is 3. The predicted molar refractivity (Wildman–Crippen MR) is 118 cm³/mol. The first-order valence-corrected chi connectivity index (χ1v) is 12.1. The van der Waals surface area contributed by atoms with Crippen LogP contribution >= 0.6 is 0 Å². The molecule has 1 aliphatic rings. The van der Waals surface area contributed by atoms with Gasteiger partial charge in [0.2, 0.25) is 0 Å². The molecule has 1 heterocycles. The van der Waals surface area contributed by atoms with E-state index in [1.807, 2.05) is 0 Å². The van der Waals surface area contributed by atoms with Crippen molar-refractivity contribution < 1.29 is 24.8 Å². The van der Waals surface area contributed by atoms with Crippen LogP contribution in [0.4, 0.5) is 0 Å². The summed E-state index contributed by atoms with van der Waals surface area (Å²) < 4.78 is 11.0. The predicted octanol–water partition coefficient (Wildman–Crippen LogP) is 4.52. The molecule has 0 aromatic heterocycles. The van der Waals surface area contributed by atoms with Crippen molar-refractivity contribution in [2.45, 2.75) is 121 Å². The van der Waals surface area contributed by atoms with Gasteiger partial charge in [0.25, 0.3) is 0 Å². The topological polar surface area (TPSA) is 79.2 Å². The van der Waals surface area contributed by atoms with Crippen molar-refractivity contribution in [3.63, 3.8) is 0 Å². The Labute approximate surface area is 178 Å². The lowest BCUT2D eigenvalue weighted by Gasteiger charge is -2.23. The molecule has 1 aliphatic heterocycles. The molecule has 29 heavy (non-hydrogen) atoms. The van der Waals surface area contributed by atoms with Crippen LogP contribution in [0.25, 0.3) is 0 Å². The quantitative estimate of drug-likeness (QED) is 0.214. The summed E-state index contributed by atoms with van der Waals surface area (Å²) in [4.78, 5) is 0. The van der Waals surface area contributed by atoms with Crippen molar-refractivity contribution in [2.75, 3.05) is 19.8 Å². The normalized spacial score (nSPS) is 23.2. The Bertz CT molecular complexity index is 387. The van der Waals surface area contributed by atoms with Crippen molar-refractivity contribution in [2.24, 2.45) is 0 Å². The zero-order valence-electron chi connectivity index (χ0n) is 18.6. The van der Waals surface area contributed by atoms with Crippen LogP contribution in [-0.2, 0) is 9.47 Å². The third-order valence-corrected chi connectivity index (χ3v) is 5.70. The zero-order chi connectivity index (χ0) is 21.2. The number of rotatable bonds is 19. The molecular weight excluding hydrogens is 368 g/mol. The molecule has 0 bridgehead atoms. The van der Waals surface area contributed by atoms with Crippen LogP contribution in [0.5, 0.6) is 0 Å². The van der Waals surface area contributed by atoms with Gasteiger partial charge in [-0.3, -0.25) is 0 Å². The van der Waals surface area contributed by atoms with Gasteiger partial charge >= 0.3 is 0 Å². The van der Waals surface area contributed by atoms with Gasteiger partial charge in [-0.25, -0.2) is 0 Å². The van der Waals surface area contributed by atoms with Gasteiger partial charge < -0.3 is 24.8 Å². The van der Waals surface area contributed by atoms with Gasteiger partial charge in [-0.05, 0) is 25.7 Å². The molecule has 1 fully saturated rings. The first-order valence-electron chi connectivity index (χ1n) is 12.1. The van der Waals surface area contributed by atoms with Gasteiger partial charge in [0, 0.05) is 6.61 Å². The highest BCUT2D eigenvalue weighted by molar-refractivity contribution is 4.89. The maximum Gasteiger partial charge on any atom is 0.114 e. The molecule has 5 heteroatoms. The molecule has 0 spiro atoms. The molecule has 1 saturated heterocycles. The van der Waals surface area contributed by atoms with E-state index < -0.39 is 24.4 Å². The Morgan fingerprint density at radius 3 is 2.03 bits per heavy atom. The third-order valence-electron chi connectivity index (χ3n) is 5.70. The second-order valence-corrected chi connectivity index (χ2v) is 8.39. The highest BCUT2D eigenvalue weighted by atomic mass is 16.6. The van der Waals surface area contributed by atoms with E-state index in [0.29, 0.717) is 6.61 Å². The first kappa shape index (κ1) is 26.6. The van der Waals surface area contributed by atoms with Crippen LogP contribution in [0.2, 0.25) is 0 Å². The molecule has 0 aromatic rings. The number of aliphatic hydroxyl groups is 3. The van der Waals surface area contributed by atoms with Gasteiger partial charge in [0.1, 0.15) is 24.4 Å². The second-order valence-electron chi connectivity index (χ2n) is 8.39. The smallest absolute Gasteiger partial charge is 0.114 e. The van der Waals surface area contributed by atoms with Gasteiger partial charge in [0.15, 0.2) is 0 Å². The minimum Gasteiger partial charge on any atom is -0.394 e. The fourth-order valence-electron chi connectivity index (χ4n) is 3.81. The minimum absolute atomic E-state index is 0.155. The average molecular weight is 415 g/mol. The molecule has 1 rings (SSSR count). The summed E-state index contributed by atoms with van der Waals surface area (Å²) in [6.45, 7) is 2.57. The fourth-order valence-corrected chi connectivity index (χ4v) is 3.81. The largest absolute Gasteiger partial charge is 0.394 e. The van der Waals surface area contributed by atoms with Crippen molar-refractivity contribution in [1.29, 1.82) is 0 Å².